The minimum absolute atomic E-state index is 0.314. The number of halogens is 1. The average molecular weight is 288 g/mol. The molecular formula is C16H17FN2O2. The van der Waals surface area contributed by atoms with Crippen LogP contribution >= 0.6 is 0 Å². The summed E-state index contributed by atoms with van der Waals surface area (Å²) in [6.07, 6.45) is 5.98. The Balaban J connectivity index is 1.96. The SMILES string of the molecule is NC(=O)C1(c2cnc(-c3ccc(F)cc3)o2)CCCCC1. The van der Waals surface area contributed by atoms with Gasteiger partial charge in [0.05, 0.1) is 6.20 Å². The van der Waals surface area contributed by atoms with E-state index in [9.17, 15) is 9.18 Å². The van der Waals surface area contributed by atoms with Crippen molar-refractivity contribution in [1.82, 2.24) is 4.98 Å². The lowest BCUT2D eigenvalue weighted by Crippen LogP contribution is -2.42. The maximum Gasteiger partial charge on any atom is 0.231 e. The minimum Gasteiger partial charge on any atom is -0.440 e. The largest absolute Gasteiger partial charge is 0.440 e. The highest BCUT2D eigenvalue weighted by Crippen LogP contribution is 2.40. The lowest BCUT2D eigenvalue weighted by Gasteiger charge is -2.31. The molecule has 110 valence electrons. The normalized spacial score (nSPS) is 17.6. The summed E-state index contributed by atoms with van der Waals surface area (Å²) in [5.41, 5.74) is 5.56. The molecule has 1 aliphatic carbocycles. The molecule has 1 saturated carbocycles. The monoisotopic (exact) mass is 288 g/mol. The van der Waals surface area contributed by atoms with Crippen LogP contribution in [0.5, 0.6) is 0 Å². The molecule has 1 amide bonds. The van der Waals surface area contributed by atoms with Crippen molar-refractivity contribution < 1.29 is 13.6 Å². The van der Waals surface area contributed by atoms with E-state index in [-0.39, 0.29) is 11.7 Å². The van der Waals surface area contributed by atoms with Gasteiger partial charge in [0.2, 0.25) is 11.8 Å². The van der Waals surface area contributed by atoms with Crippen molar-refractivity contribution in [1.29, 1.82) is 0 Å². The van der Waals surface area contributed by atoms with Crippen LogP contribution < -0.4 is 5.73 Å². The van der Waals surface area contributed by atoms with E-state index in [0.717, 1.165) is 19.3 Å². The van der Waals surface area contributed by atoms with Crippen LogP contribution in [-0.4, -0.2) is 10.9 Å². The molecule has 0 unspecified atom stereocenters. The summed E-state index contributed by atoms with van der Waals surface area (Å²) in [6, 6.07) is 5.90. The second kappa shape index (κ2) is 5.31. The molecule has 3 rings (SSSR count). The maximum absolute atomic E-state index is 13.0. The van der Waals surface area contributed by atoms with Crippen LogP contribution in [0.25, 0.3) is 11.5 Å². The second-order valence-electron chi connectivity index (χ2n) is 5.54. The van der Waals surface area contributed by atoms with Crippen molar-refractivity contribution in [2.45, 2.75) is 37.5 Å². The third-order valence-corrected chi connectivity index (χ3v) is 4.25. The van der Waals surface area contributed by atoms with E-state index in [1.54, 1.807) is 18.3 Å². The first-order valence-electron chi connectivity index (χ1n) is 7.14. The highest BCUT2D eigenvalue weighted by atomic mass is 19.1. The van der Waals surface area contributed by atoms with Crippen molar-refractivity contribution in [3.8, 4) is 11.5 Å². The van der Waals surface area contributed by atoms with Crippen molar-refractivity contribution in [3.05, 3.63) is 42.0 Å². The molecule has 1 aromatic heterocycles. The number of hydrogen-bond acceptors (Lipinski definition) is 3. The minimum atomic E-state index is -0.746. The highest BCUT2D eigenvalue weighted by molar-refractivity contribution is 5.86. The Morgan fingerprint density at radius 3 is 2.48 bits per heavy atom. The molecule has 0 bridgehead atoms. The number of amides is 1. The Kier molecular flexibility index (Phi) is 3.49. The van der Waals surface area contributed by atoms with E-state index in [0.29, 0.717) is 30.1 Å². The molecule has 1 fully saturated rings. The van der Waals surface area contributed by atoms with Gasteiger partial charge in [-0.25, -0.2) is 9.37 Å². The van der Waals surface area contributed by atoms with Gasteiger partial charge in [0.25, 0.3) is 0 Å². The van der Waals surface area contributed by atoms with Gasteiger partial charge in [0.1, 0.15) is 17.0 Å². The first-order chi connectivity index (χ1) is 10.1. The topological polar surface area (TPSA) is 69.1 Å². The summed E-state index contributed by atoms with van der Waals surface area (Å²) in [6.45, 7) is 0. The molecule has 1 aromatic carbocycles. The number of aromatic nitrogens is 1. The fraction of sp³-hybridized carbons (Fsp3) is 0.375. The number of carbonyl (C=O) groups excluding carboxylic acids is 1. The Labute approximate surface area is 122 Å². The van der Waals surface area contributed by atoms with Crippen LogP contribution in [0.1, 0.15) is 37.9 Å². The van der Waals surface area contributed by atoms with Crippen LogP contribution in [0.4, 0.5) is 4.39 Å². The number of nitrogens with zero attached hydrogens (tertiary/aromatic N) is 1. The predicted octanol–water partition coefficient (Wildman–Crippen LogP) is 3.17. The van der Waals surface area contributed by atoms with Crippen LogP contribution in [0.3, 0.4) is 0 Å². The summed E-state index contributed by atoms with van der Waals surface area (Å²) >= 11 is 0. The van der Waals surface area contributed by atoms with Gasteiger partial charge in [-0.3, -0.25) is 4.79 Å². The first kappa shape index (κ1) is 13.8. The van der Waals surface area contributed by atoms with Crippen molar-refractivity contribution in [2.24, 2.45) is 5.73 Å². The number of benzene rings is 1. The Bertz CT molecular complexity index is 643. The van der Waals surface area contributed by atoms with E-state index >= 15 is 0 Å². The molecule has 1 aliphatic rings. The van der Waals surface area contributed by atoms with Gasteiger partial charge in [0.15, 0.2) is 0 Å². The zero-order valence-electron chi connectivity index (χ0n) is 11.6. The number of hydrogen-bond donors (Lipinski definition) is 1. The van der Waals surface area contributed by atoms with Gasteiger partial charge in [-0.1, -0.05) is 19.3 Å². The van der Waals surface area contributed by atoms with Gasteiger partial charge in [0, 0.05) is 5.56 Å². The molecule has 0 radical (unpaired) electrons. The predicted molar refractivity (Wildman–Crippen MR) is 75.9 cm³/mol. The molecule has 0 atom stereocenters. The molecule has 1 heterocycles. The molecule has 0 saturated heterocycles. The van der Waals surface area contributed by atoms with Crippen LogP contribution in [0.2, 0.25) is 0 Å². The lowest BCUT2D eigenvalue weighted by atomic mass is 9.72. The fourth-order valence-corrected chi connectivity index (χ4v) is 2.99. The van der Waals surface area contributed by atoms with Gasteiger partial charge in [-0.15, -0.1) is 0 Å². The van der Waals surface area contributed by atoms with E-state index < -0.39 is 5.41 Å². The van der Waals surface area contributed by atoms with Gasteiger partial charge >= 0.3 is 0 Å². The zero-order chi connectivity index (χ0) is 14.9. The smallest absolute Gasteiger partial charge is 0.231 e. The molecule has 2 aromatic rings. The Hall–Kier alpha value is -2.17. The number of carbonyl (C=O) groups is 1. The number of oxazole rings is 1. The van der Waals surface area contributed by atoms with E-state index in [1.807, 2.05) is 0 Å². The number of primary amides is 1. The molecule has 0 spiro atoms. The molecule has 2 N–H and O–H groups in total. The van der Waals surface area contributed by atoms with E-state index in [1.165, 1.54) is 12.1 Å². The average Bonchev–Trinajstić information content (AvgIpc) is 2.99. The van der Waals surface area contributed by atoms with Gasteiger partial charge in [-0.05, 0) is 37.1 Å². The molecule has 0 aliphatic heterocycles. The number of rotatable bonds is 3. The molecular weight excluding hydrogens is 271 g/mol. The number of nitrogens with two attached hydrogens (primary N) is 1. The first-order valence-corrected chi connectivity index (χ1v) is 7.14. The van der Waals surface area contributed by atoms with Crippen LogP contribution in [0, 0.1) is 5.82 Å². The third kappa shape index (κ3) is 2.44. The van der Waals surface area contributed by atoms with Gasteiger partial charge < -0.3 is 10.2 Å². The second-order valence-corrected chi connectivity index (χ2v) is 5.54. The van der Waals surface area contributed by atoms with Crippen molar-refractivity contribution >= 4 is 5.91 Å². The lowest BCUT2D eigenvalue weighted by molar-refractivity contribution is -0.125. The summed E-state index contributed by atoms with van der Waals surface area (Å²) in [7, 11) is 0. The zero-order valence-corrected chi connectivity index (χ0v) is 11.6. The molecule has 4 nitrogen and oxygen atoms in total. The third-order valence-electron chi connectivity index (χ3n) is 4.25. The van der Waals surface area contributed by atoms with Gasteiger partial charge in [-0.2, -0.15) is 0 Å². The Morgan fingerprint density at radius 1 is 1.19 bits per heavy atom. The summed E-state index contributed by atoms with van der Waals surface area (Å²) in [4.78, 5) is 16.2. The summed E-state index contributed by atoms with van der Waals surface area (Å²) in [5.74, 6) is 0.237. The summed E-state index contributed by atoms with van der Waals surface area (Å²) < 4.78 is 18.7. The summed E-state index contributed by atoms with van der Waals surface area (Å²) in [5, 5.41) is 0. The van der Waals surface area contributed by atoms with Crippen molar-refractivity contribution in [3.63, 3.8) is 0 Å². The van der Waals surface area contributed by atoms with Crippen molar-refractivity contribution in [2.75, 3.05) is 0 Å². The van der Waals surface area contributed by atoms with Crippen LogP contribution in [0.15, 0.2) is 34.9 Å². The standard InChI is InChI=1S/C16H17FN2O2/c17-12-6-4-11(5-7-12)14-19-10-13(21-14)16(15(18)20)8-2-1-3-9-16/h4-7,10H,1-3,8-9H2,(H2,18,20). The molecule has 5 heteroatoms. The quantitative estimate of drug-likeness (QED) is 0.943. The highest BCUT2D eigenvalue weighted by Gasteiger charge is 2.42. The Morgan fingerprint density at radius 2 is 1.86 bits per heavy atom. The fourth-order valence-electron chi connectivity index (χ4n) is 2.99. The van der Waals surface area contributed by atoms with E-state index in [4.69, 9.17) is 10.2 Å². The van der Waals surface area contributed by atoms with E-state index in [2.05, 4.69) is 4.98 Å². The molecule has 21 heavy (non-hydrogen) atoms. The van der Waals surface area contributed by atoms with Crippen LogP contribution in [-0.2, 0) is 10.2 Å². The maximum atomic E-state index is 13.0.